The predicted molar refractivity (Wildman–Crippen MR) is 84.4 cm³/mol. The molecular weight excluding hydrogens is 300 g/mol. The number of amides is 1. The minimum Gasteiger partial charge on any atom is -0.382 e. The number of pyridine rings is 1. The van der Waals surface area contributed by atoms with Crippen molar-refractivity contribution in [3.05, 3.63) is 53.9 Å². The van der Waals surface area contributed by atoms with Crippen LogP contribution in [0.4, 0.5) is 20.2 Å². The van der Waals surface area contributed by atoms with Crippen molar-refractivity contribution < 1.29 is 13.6 Å². The van der Waals surface area contributed by atoms with Gasteiger partial charge in [0.25, 0.3) is 5.91 Å². The van der Waals surface area contributed by atoms with E-state index in [9.17, 15) is 13.6 Å². The molecule has 23 heavy (non-hydrogen) atoms. The molecule has 4 nitrogen and oxygen atoms in total. The maximum absolute atomic E-state index is 13.2. The van der Waals surface area contributed by atoms with Crippen molar-refractivity contribution in [2.45, 2.75) is 31.7 Å². The summed E-state index contributed by atoms with van der Waals surface area (Å²) in [5.41, 5.74) is 1.24. The summed E-state index contributed by atoms with van der Waals surface area (Å²) in [4.78, 5) is 16.2. The van der Waals surface area contributed by atoms with Crippen molar-refractivity contribution in [1.29, 1.82) is 0 Å². The third kappa shape index (κ3) is 3.83. The van der Waals surface area contributed by atoms with E-state index in [-0.39, 0.29) is 11.4 Å². The molecule has 0 bridgehead atoms. The summed E-state index contributed by atoms with van der Waals surface area (Å²) in [5.74, 6) is -2.43. The van der Waals surface area contributed by atoms with Gasteiger partial charge in [0.15, 0.2) is 11.6 Å². The Hall–Kier alpha value is -2.50. The van der Waals surface area contributed by atoms with Crippen molar-refractivity contribution >= 4 is 17.3 Å². The minimum atomic E-state index is -1.01. The first-order valence-electron chi connectivity index (χ1n) is 7.61. The Morgan fingerprint density at radius 2 is 1.83 bits per heavy atom. The lowest BCUT2D eigenvalue weighted by Crippen LogP contribution is -2.17. The molecule has 0 atom stereocenters. The van der Waals surface area contributed by atoms with Crippen molar-refractivity contribution in [1.82, 2.24) is 4.98 Å². The number of nitrogens with one attached hydrogen (secondary N) is 2. The molecule has 1 aromatic carbocycles. The summed E-state index contributed by atoms with van der Waals surface area (Å²) in [7, 11) is 0. The maximum atomic E-state index is 13.2. The largest absolute Gasteiger partial charge is 0.382 e. The normalized spacial score (nSPS) is 14.7. The van der Waals surface area contributed by atoms with Crippen molar-refractivity contribution in [2.75, 3.05) is 10.6 Å². The number of aromatic nitrogens is 1. The van der Waals surface area contributed by atoms with Crippen LogP contribution in [0.5, 0.6) is 0 Å². The second-order valence-corrected chi connectivity index (χ2v) is 5.64. The second kappa shape index (κ2) is 6.73. The summed E-state index contributed by atoms with van der Waals surface area (Å²) in [5, 5.41) is 5.90. The number of benzene rings is 1. The highest BCUT2D eigenvalue weighted by atomic mass is 19.2. The molecule has 0 spiro atoms. The Morgan fingerprint density at radius 1 is 1.04 bits per heavy atom. The van der Waals surface area contributed by atoms with Crippen LogP contribution < -0.4 is 10.6 Å². The number of halogens is 2. The van der Waals surface area contributed by atoms with Crippen molar-refractivity contribution in [3.63, 3.8) is 0 Å². The zero-order valence-corrected chi connectivity index (χ0v) is 12.5. The van der Waals surface area contributed by atoms with Gasteiger partial charge in [0.1, 0.15) is 5.69 Å². The van der Waals surface area contributed by atoms with E-state index in [4.69, 9.17) is 0 Å². The van der Waals surface area contributed by atoms with Gasteiger partial charge in [0, 0.05) is 29.7 Å². The van der Waals surface area contributed by atoms with Gasteiger partial charge in [-0.05, 0) is 37.1 Å². The topological polar surface area (TPSA) is 54.0 Å². The Bertz CT molecular complexity index is 715. The van der Waals surface area contributed by atoms with Gasteiger partial charge in [-0.3, -0.25) is 9.78 Å². The number of nitrogens with zero attached hydrogens (tertiary/aromatic N) is 1. The van der Waals surface area contributed by atoms with Crippen molar-refractivity contribution in [3.8, 4) is 0 Å². The summed E-state index contributed by atoms with van der Waals surface area (Å²) >= 11 is 0. The smallest absolute Gasteiger partial charge is 0.274 e. The maximum Gasteiger partial charge on any atom is 0.274 e. The lowest BCUT2D eigenvalue weighted by molar-refractivity contribution is 0.102. The molecule has 6 heteroatoms. The van der Waals surface area contributed by atoms with Crippen LogP contribution in [0, 0.1) is 11.6 Å². The Balaban J connectivity index is 1.70. The lowest BCUT2D eigenvalue weighted by atomic mass is 10.2. The van der Waals surface area contributed by atoms with Gasteiger partial charge >= 0.3 is 0 Å². The SMILES string of the molecule is O=C(Nc1ccc(F)c(F)c1)c1cc(NC2CCCC2)ccn1. The number of carbonyl (C=O) groups excluding carboxylic acids is 1. The number of anilines is 2. The van der Waals surface area contributed by atoms with E-state index < -0.39 is 17.5 Å². The van der Waals surface area contributed by atoms with Crippen LogP contribution in [0.15, 0.2) is 36.5 Å². The monoisotopic (exact) mass is 317 g/mol. The van der Waals surface area contributed by atoms with E-state index in [1.807, 2.05) is 6.07 Å². The molecule has 0 unspecified atom stereocenters. The predicted octanol–water partition coefficient (Wildman–Crippen LogP) is 3.97. The molecule has 0 saturated heterocycles. The Kier molecular flexibility index (Phi) is 4.50. The first kappa shape index (κ1) is 15.4. The highest BCUT2D eigenvalue weighted by Gasteiger charge is 2.16. The molecule has 3 rings (SSSR count). The minimum absolute atomic E-state index is 0.185. The Morgan fingerprint density at radius 3 is 2.57 bits per heavy atom. The summed E-state index contributed by atoms with van der Waals surface area (Å²) in [6.45, 7) is 0. The molecule has 0 radical (unpaired) electrons. The highest BCUT2D eigenvalue weighted by Crippen LogP contribution is 2.22. The first-order chi connectivity index (χ1) is 11.1. The van der Waals surface area contributed by atoms with E-state index in [1.54, 1.807) is 12.3 Å². The molecule has 0 aliphatic heterocycles. The van der Waals surface area contributed by atoms with Crippen LogP contribution in [0.2, 0.25) is 0 Å². The van der Waals surface area contributed by atoms with Crippen LogP contribution in [0.25, 0.3) is 0 Å². The van der Waals surface area contributed by atoms with Crippen LogP contribution >= 0.6 is 0 Å². The van der Waals surface area contributed by atoms with E-state index in [2.05, 4.69) is 15.6 Å². The lowest BCUT2D eigenvalue weighted by Gasteiger charge is -2.14. The number of hydrogen-bond acceptors (Lipinski definition) is 3. The number of hydrogen-bond donors (Lipinski definition) is 2. The number of rotatable bonds is 4. The van der Waals surface area contributed by atoms with Crippen LogP contribution in [0.3, 0.4) is 0 Å². The number of carbonyl (C=O) groups is 1. The van der Waals surface area contributed by atoms with Gasteiger partial charge in [0.2, 0.25) is 0 Å². The van der Waals surface area contributed by atoms with E-state index >= 15 is 0 Å². The Labute approximate surface area is 132 Å². The summed E-state index contributed by atoms with van der Waals surface area (Å²) < 4.78 is 26.1. The molecule has 1 saturated carbocycles. The molecular formula is C17H17F2N3O. The molecule has 120 valence electrons. The average molecular weight is 317 g/mol. The van der Waals surface area contributed by atoms with Crippen LogP contribution in [-0.4, -0.2) is 16.9 Å². The third-order valence-corrected chi connectivity index (χ3v) is 3.90. The van der Waals surface area contributed by atoms with Gasteiger partial charge in [-0.2, -0.15) is 0 Å². The zero-order chi connectivity index (χ0) is 16.2. The fourth-order valence-corrected chi connectivity index (χ4v) is 2.72. The molecule has 1 aromatic heterocycles. The van der Waals surface area contributed by atoms with E-state index in [1.165, 1.54) is 18.9 Å². The average Bonchev–Trinajstić information content (AvgIpc) is 3.04. The van der Waals surface area contributed by atoms with Crippen LogP contribution in [0.1, 0.15) is 36.2 Å². The van der Waals surface area contributed by atoms with Crippen molar-refractivity contribution in [2.24, 2.45) is 0 Å². The fraction of sp³-hybridized carbons (Fsp3) is 0.294. The standard InChI is InChI=1S/C17H17F2N3O/c18-14-6-5-12(9-15(14)19)22-17(23)16-10-13(7-8-20-16)21-11-3-1-2-4-11/h5-11H,1-4H2,(H,20,21)(H,22,23). The second-order valence-electron chi connectivity index (χ2n) is 5.64. The van der Waals surface area contributed by atoms with E-state index in [0.29, 0.717) is 6.04 Å². The summed E-state index contributed by atoms with van der Waals surface area (Å²) in [6.07, 6.45) is 6.23. The third-order valence-electron chi connectivity index (χ3n) is 3.90. The van der Waals surface area contributed by atoms with Gasteiger partial charge < -0.3 is 10.6 Å². The molecule has 2 N–H and O–H groups in total. The zero-order valence-electron chi connectivity index (χ0n) is 12.5. The first-order valence-corrected chi connectivity index (χ1v) is 7.61. The summed E-state index contributed by atoms with van der Waals surface area (Å²) in [6, 6.07) is 7.11. The van der Waals surface area contributed by atoms with Gasteiger partial charge in [-0.1, -0.05) is 12.8 Å². The molecule has 1 aliphatic rings. The van der Waals surface area contributed by atoms with Crippen LogP contribution in [-0.2, 0) is 0 Å². The molecule has 1 fully saturated rings. The van der Waals surface area contributed by atoms with Gasteiger partial charge in [-0.25, -0.2) is 8.78 Å². The molecule has 1 aliphatic carbocycles. The van der Waals surface area contributed by atoms with E-state index in [0.717, 1.165) is 30.7 Å². The molecule has 1 amide bonds. The van der Waals surface area contributed by atoms with Gasteiger partial charge in [-0.15, -0.1) is 0 Å². The quantitative estimate of drug-likeness (QED) is 0.897. The van der Waals surface area contributed by atoms with Gasteiger partial charge in [0.05, 0.1) is 0 Å². The molecule has 2 aromatic rings. The molecule has 1 heterocycles. The fourth-order valence-electron chi connectivity index (χ4n) is 2.72. The highest BCUT2D eigenvalue weighted by molar-refractivity contribution is 6.03.